The van der Waals surface area contributed by atoms with Crippen LogP contribution in [-0.2, 0) is 4.74 Å². The largest absolute Gasteiger partial charge is 0.505 e. The van der Waals surface area contributed by atoms with Crippen molar-refractivity contribution in [3.05, 3.63) is 23.8 Å². The van der Waals surface area contributed by atoms with Gasteiger partial charge in [-0.25, -0.2) is 0 Å². The van der Waals surface area contributed by atoms with Gasteiger partial charge in [0.2, 0.25) is 0 Å². The minimum absolute atomic E-state index is 0.159. The number of para-hydroxylation sites is 1. The number of carbonyl (C=O) groups excluding carboxylic acids is 1. The number of hydrogen-bond donors (Lipinski definition) is 2. The number of phenolic OH excluding ortho intramolecular Hbond substituents is 1. The Labute approximate surface area is 101 Å². The second-order valence-corrected chi connectivity index (χ2v) is 3.62. The first-order chi connectivity index (χ1) is 8.11. The molecule has 1 aromatic carbocycles. The van der Waals surface area contributed by atoms with E-state index in [-0.39, 0.29) is 22.9 Å². The van der Waals surface area contributed by atoms with Crippen LogP contribution < -0.4 is 5.73 Å². The van der Waals surface area contributed by atoms with Gasteiger partial charge in [-0.05, 0) is 19.1 Å². The zero-order valence-corrected chi connectivity index (χ0v) is 10.1. The Morgan fingerprint density at radius 1 is 1.53 bits per heavy atom. The number of carbonyl (C=O) groups is 1. The number of nitrogens with zero attached hydrogens (tertiary/aromatic N) is 1. The smallest absolute Gasteiger partial charge is 0.257 e. The maximum atomic E-state index is 12.1. The summed E-state index contributed by atoms with van der Waals surface area (Å²) in [6.07, 6.45) is 0. The molecule has 0 unspecified atom stereocenters. The Balaban J connectivity index is 2.90. The summed E-state index contributed by atoms with van der Waals surface area (Å²) in [5, 5.41) is 9.73. The zero-order valence-electron chi connectivity index (χ0n) is 10.1. The molecule has 0 aliphatic rings. The first-order valence-electron chi connectivity index (χ1n) is 5.47. The lowest BCUT2D eigenvalue weighted by Gasteiger charge is -2.21. The summed E-state index contributed by atoms with van der Waals surface area (Å²) in [4.78, 5) is 13.7. The molecule has 0 aromatic heterocycles. The molecule has 1 aromatic rings. The summed E-state index contributed by atoms with van der Waals surface area (Å²) in [6.45, 7) is 3.37. The van der Waals surface area contributed by atoms with Gasteiger partial charge in [0.15, 0.2) is 5.75 Å². The van der Waals surface area contributed by atoms with Crippen LogP contribution in [0.15, 0.2) is 18.2 Å². The molecule has 5 nitrogen and oxygen atoms in total. The summed E-state index contributed by atoms with van der Waals surface area (Å²) < 4.78 is 4.93. The fourth-order valence-corrected chi connectivity index (χ4v) is 1.51. The molecular weight excluding hydrogens is 220 g/mol. The minimum Gasteiger partial charge on any atom is -0.505 e. The molecule has 0 saturated carbocycles. The predicted molar refractivity (Wildman–Crippen MR) is 66.0 cm³/mol. The van der Waals surface area contributed by atoms with Crippen LogP contribution >= 0.6 is 0 Å². The highest BCUT2D eigenvalue weighted by atomic mass is 16.5. The molecule has 5 heteroatoms. The van der Waals surface area contributed by atoms with Crippen molar-refractivity contribution in [2.45, 2.75) is 6.92 Å². The first-order valence-corrected chi connectivity index (χ1v) is 5.47. The van der Waals surface area contributed by atoms with Crippen LogP contribution in [0.1, 0.15) is 17.3 Å². The van der Waals surface area contributed by atoms with E-state index < -0.39 is 0 Å². The fourth-order valence-electron chi connectivity index (χ4n) is 1.51. The summed E-state index contributed by atoms with van der Waals surface area (Å²) in [5.41, 5.74) is 5.99. The number of nitrogen functional groups attached to an aromatic ring is 1. The predicted octanol–water partition coefficient (Wildman–Crippen LogP) is 1.08. The molecule has 0 fully saturated rings. The number of phenols is 1. The van der Waals surface area contributed by atoms with Gasteiger partial charge in [0.05, 0.1) is 17.9 Å². The number of rotatable bonds is 5. The van der Waals surface area contributed by atoms with Crippen LogP contribution in [0.2, 0.25) is 0 Å². The van der Waals surface area contributed by atoms with Gasteiger partial charge in [0.1, 0.15) is 0 Å². The van der Waals surface area contributed by atoms with Gasteiger partial charge in [-0.15, -0.1) is 0 Å². The lowest BCUT2D eigenvalue weighted by Crippen LogP contribution is -2.33. The van der Waals surface area contributed by atoms with Crippen molar-refractivity contribution in [2.24, 2.45) is 0 Å². The highest BCUT2D eigenvalue weighted by Crippen LogP contribution is 2.25. The van der Waals surface area contributed by atoms with E-state index in [2.05, 4.69) is 0 Å². The molecule has 0 radical (unpaired) electrons. The number of ether oxygens (including phenoxy) is 1. The van der Waals surface area contributed by atoms with E-state index in [1.165, 1.54) is 0 Å². The van der Waals surface area contributed by atoms with Crippen LogP contribution in [0.25, 0.3) is 0 Å². The molecule has 0 bridgehead atoms. The number of nitrogens with two attached hydrogens (primary N) is 1. The molecule has 0 spiro atoms. The highest BCUT2D eigenvalue weighted by Gasteiger charge is 2.18. The van der Waals surface area contributed by atoms with E-state index in [0.717, 1.165) is 0 Å². The second-order valence-electron chi connectivity index (χ2n) is 3.62. The van der Waals surface area contributed by atoms with Gasteiger partial charge >= 0.3 is 0 Å². The van der Waals surface area contributed by atoms with E-state index in [9.17, 15) is 9.90 Å². The topological polar surface area (TPSA) is 75.8 Å². The summed E-state index contributed by atoms with van der Waals surface area (Å²) >= 11 is 0. The standard InChI is InChI=1S/C12H18N2O3/c1-3-14(7-8-17-2)12(16)9-5-4-6-10(13)11(9)15/h4-6,15H,3,7-8,13H2,1-2H3. The third-order valence-corrected chi connectivity index (χ3v) is 2.53. The Morgan fingerprint density at radius 2 is 2.24 bits per heavy atom. The Hall–Kier alpha value is -1.75. The normalized spacial score (nSPS) is 10.2. The van der Waals surface area contributed by atoms with Gasteiger partial charge in [-0.1, -0.05) is 6.07 Å². The van der Waals surface area contributed by atoms with Gasteiger partial charge in [-0.3, -0.25) is 4.79 Å². The SMILES string of the molecule is CCN(CCOC)C(=O)c1cccc(N)c1O. The molecule has 0 aliphatic carbocycles. The van der Waals surface area contributed by atoms with E-state index >= 15 is 0 Å². The van der Waals surface area contributed by atoms with Crippen molar-refractivity contribution in [2.75, 3.05) is 32.5 Å². The third kappa shape index (κ3) is 3.10. The average Bonchev–Trinajstić information content (AvgIpc) is 2.33. The molecule has 1 amide bonds. The van der Waals surface area contributed by atoms with E-state index in [1.54, 1.807) is 30.2 Å². The molecule has 0 heterocycles. The summed E-state index contributed by atoms with van der Waals surface area (Å²) in [5.74, 6) is -0.400. The molecule has 94 valence electrons. The first kappa shape index (κ1) is 13.3. The van der Waals surface area contributed by atoms with Crippen LogP contribution in [0.5, 0.6) is 5.75 Å². The summed E-state index contributed by atoms with van der Waals surface area (Å²) in [6, 6.07) is 4.76. The number of aromatic hydroxyl groups is 1. The number of amides is 1. The van der Waals surface area contributed by atoms with Crippen molar-refractivity contribution in [1.82, 2.24) is 4.90 Å². The molecular formula is C12H18N2O3. The Kier molecular flexibility index (Phi) is 4.78. The minimum atomic E-state index is -0.241. The van der Waals surface area contributed by atoms with Crippen LogP contribution in [0, 0.1) is 0 Å². The molecule has 0 atom stereocenters. The van der Waals surface area contributed by atoms with Crippen molar-refractivity contribution < 1.29 is 14.6 Å². The van der Waals surface area contributed by atoms with Crippen molar-refractivity contribution in [3.63, 3.8) is 0 Å². The van der Waals surface area contributed by atoms with Crippen molar-refractivity contribution in [3.8, 4) is 5.75 Å². The van der Waals surface area contributed by atoms with Gasteiger partial charge in [0.25, 0.3) is 5.91 Å². The van der Waals surface area contributed by atoms with E-state index in [1.807, 2.05) is 6.92 Å². The monoisotopic (exact) mass is 238 g/mol. The van der Waals surface area contributed by atoms with Crippen LogP contribution in [-0.4, -0.2) is 42.7 Å². The van der Waals surface area contributed by atoms with Crippen LogP contribution in [0.3, 0.4) is 0 Å². The quantitative estimate of drug-likeness (QED) is 0.594. The molecule has 0 aliphatic heterocycles. The average molecular weight is 238 g/mol. The molecule has 17 heavy (non-hydrogen) atoms. The summed E-state index contributed by atoms with van der Waals surface area (Å²) in [7, 11) is 1.58. The lowest BCUT2D eigenvalue weighted by atomic mass is 10.1. The zero-order chi connectivity index (χ0) is 12.8. The van der Waals surface area contributed by atoms with E-state index in [0.29, 0.717) is 19.7 Å². The number of hydrogen-bond acceptors (Lipinski definition) is 4. The van der Waals surface area contributed by atoms with Crippen LogP contribution in [0.4, 0.5) is 5.69 Å². The number of anilines is 1. The van der Waals surface area contributed by atoms with Gasteiger partial charge < -0.3 is 20.5 Å². The van der Waals surface area contributed by atoms with Crippen molar-refractivity contribution in [1.29, 1.82) is 0 Å². The Morgan fingerprint density at radius 3 is 2.82 bits per heavy atom. The maximum Gasteiger partial charge on any atom is 0.257 e. The highest BCUT2D eigenvalue weighted by molar-refractivity contribution is 5.98. The number of methoxy groups -OCH3 is 1. The molecule has 1 rings (SSSR count). The molecule has 3 N–H and O–H groups in total. The third-order valence-electron chi connectivity index (χ3n) is 2.53. The van der Waals surface area contributed by atoms with E-state index in [4.69, 9.17) is 10.5 Å². The van der Waals surface area contributed by atoms with Crippen molar-refractivity contribution >= 4 is 11.6 Å². The Bertz CT molecular complexity index is 393. The molecule has 0 saturated heterocycles. The second kappa shape index (κ2) is 6.10. The lowest BCUT2D eigenvalue weighted by molar-refractivity contribution is 0.0703. The number of benzene rings is 1. The van der Waals surface area contributed by atoms with Gasteiger partial charge in [0, 0.05) is 20.2 Å². The van der Waals surface area contributed by atoms with Gasteiger partial charge in [-0.2, -0.15) is 0 Å². The fraction of sp³-hybridized carbons (Fsp3) is 0.417. The number of likely N-dealkylation sites (N-methyl/N-ethyl adjacent to an activating group) is 1. The maximum absolute atomic E-state index is 12.1.